The van der Waals surface area contributed by atoms with Crippen LogP contribution in [0.1, 0.15) is 12.0 Å². The van der Waals surface area contributed by atoms with E-state index in [0.29, 0.717) is 5.56 Å². The lowest BCUT2D eigenvalue weighted by Gasteiger charge is -2.07. The van der Waals surface area contributed by atoms with Gasteiger partial charge in [-0.15, -0.1) is 13.2 Å². The third kappa shape index (κ3) is 5.47. The Hall–Kier alpha value is -2.16. The molecule has 0 saturated heterocycles. The standard InChI is InChI=1S/C11H7F3O3/c12-11(13,14)17-9-6-4-8(5-7-9)2-1-3-10(15)16/h4-7H,3H2,(H,15,16). The first-order valence-corrected chi connectivity index (χ1v) is 4.43. The largest absolute Gasteiger partial charge is 0.573 e. The van der Waals surface area contributed by atoms with Gasteiger partial charge >= 0.3 is 12.3 Å². The van der Waals surface area contributed by atoms with Crippen molar-refractivity contribution in [3.05, 3.63) is 29.8 Å². The van der Waals surface area contributed by atoms with Gasteiger partial charge in [0.15, 0.2) is 0 Å². The average Bonchev–Trinajstić information content (AvgIpc) is 2.18. The fourth-order valence-electron chi connectivity index (χ4n) is 0.962. The number of aliphatic carboxylic acids is 1. The Morgan fingerprint density at radius 1 is 1.29 bits per heavy atom. The third-order valence-electron chi connectivity index (χ3n) is 1.56. The van der Waals surface area contributed by atoms with Crippen molar-refractivity contribution in [3.8, 4) is 17.6 Å². The van der Waals surface area contributed by atoms with E-state index in [9.17, 15) is 18.0 Å². The first-order chi connectivity index (χ1) is 7.87. The predicted molar refractivity (Wildman–Crippen MR) is 52.3 cm³/mol. The Bertz CT molecular complexity index is 452. The van der Waals surface area contributed by atoms with Crippen molar-refractivity contribution < 1.29 is 27.8 Å². The Labute approximate surface area is 94.8 Å². The van der Waals surface area contributed by atoms with Gasteiger partial charge in [-0.2, -0.15) is 0 Å². The molecule has 0 atom stereocenters. The summed E-state index contributed by atoms with van der Waals surface area (Å²) >= 11 is 0. The van der Waals surface area contributed by atoms with Crippen LogP contribution < -0.4 is 4.74 Å². The number of hydrogen-bond donors (Lipinski definition) is 1. The van der Waals surface area contributed by atoms with E-state index in [-0.39, 0.29) is 12.2 Å². The first-order valence-electron chi connectivity index (χ1n) is 4.43. The summed E-state index contributed by atoms with van der Waals surface area (Å²) in [6.07, 6.45) is -5.04. The summed E-state index contributed by atoms with van der Waals surface area (Å²) in [6, 6.07) is 4.85. The summed E-state index contributed by atoms with van der Waals surface area (Å²) in [5, 5.41) is 8.32. The van der Waals surface area contributed by atoms with Gasteiger partial charge in [0.1, 0.15) is 12.2 Å². The van der Waals surface area contributed by atoms with Crippen LogP contribution in [0, 0.1) is 11.8 Å². The molecule has 17 heavy (non-hydrogen) atoms. The molecule has 0 aliphatic heterocycles. The highest BCUT2D eigenvalue weighted by atomic mass is 19.4. The molecule has 0 radical (unpaired) electrons. The van der Waals surface area contributed by atoms with Gasteiger partial charge in [-0.1, -0.05) is 11.8 Å². The van der Waals surface area contributed by atoms with Gasteiger partial charge in [0.25, 0.3) is 0 Å². The van der Waals surface area contributed by atoms with Gasteiger partial charge < -0.3 is 9.84 Å². The van der Waals surface area contributed by atoms with Crippen LogP contribution in [-0.4, -0.2) is 17.4 Å². The summed E-state index contributed by atoms with van der Waals surface area (Å²) in [4.78, 5) is 10.2. The fraction of sp³-hybridized carbons (Fsp3) is 0.182. The number of ether oxygens (including phenoxy) is 1. The average molecular weight is 244 g/mol. The van der Waals surface area contributed by atoms with Crippen LogP contribution in [0.25, 0.3) is 0 Å². The second-order valence-corrected chi connectivity index (χ2v) is 2.94. The number of carbonyl (C=O) groups is 1. The molecule has 0 saturated carbocycles. The lowest BCUT2D eigenvalue weighted by Crippen LogP contribution is -2.16. The van der Waals surface area contributed by atoms with Crippen molar-refractivity contribution in [1.29, 1.82) is 0 Å². The number of benzene rings is 1. The number of alkyl halides is 3. The number of rotatable bonds is 2. The van der Waals surface area contributed by atoms with Crippen molar-refractivity contribution >= 4 is 5.97 Å². The van der Waals surface area contributed by atoms with Crippen LogP contribution >= 0.6 is 0 Å². The molecule has 0 amide bonds. The van der Waals surface area contributed by atoms with E-state index in [0.717, 1.165) is 12.1 Å². The third-order valence-corrected chi connectivity index (χ3v) is 1.56. The van der Waals surface area contributed by atoms with Crippen LogP contribution in [0.4, 0.5) is 13.2 Å². The molecule has 0 aliphatic carbocycles. The Morgan fingerprint density at radius 2 is 1.88 bits per heavy atom. The molecule has 0 aliphatic rings. The quantitative estimate of drug-likeness (QED) is 0.812. The number of hydrogen-bond acceptors (Lipinski definition) is 2. The molecule has 0 bridgehead atoms. The van der Waals surface area contributed by atoms with Crippen molar-refractivity contribution in [2.24, 2.45) is 0 Å². The minimum atomic E-state index is -4.73. The van der Waals surface area contributed by atoms with Gasteiger partial charge in [0.2, 0.25) is 0 Å². The van der Waals surface area contributed by atoms with Crippen LogP contribution in [0.15, 0.2) is 24.3 Å². The minimum absolute atomic E-state index is 0.319. The Morgan fingerprint density at radius 3 is 2.35 bits per heavy atom. The molecule has 0 aromatic heterocycles. The summed E-state index contributed by atoms with van der Waals surface area (Å²) in [5.74, 6) is 3.45. The van der Waals surface area contributed by atoms with Crippen molar-refractivity contribution in [1.82, 2.24) is 0 Å². The molecule has 0 spiro atoms. The zero-order valence-corrected chi connectivity index (χ0v) is 8.41. The summed E-state index contributed by atoms with van der Waals surface area (Å²) in [5.41, 5.74) is 0.417. The van der Waals surface area contributed by atoms with E-state index in [1.54, 1.807) is 0 Å². The van der Waals surface area contributed by atoms with Crippen LogP contribution in [0.2, 0.25) is 0 Å². The molecule has 0 heterocycles. The molecule has 0 fully saturated rings. The second-order valence-electron chi connectivity index (χ2n) is 2.94. The first kappa shape index (κ1) is 12.9. The maximum Gasteiger partial charge on any atom is 0.573 e. The summed E-state index contributed by atoms with van der Waals surface area (Å²) in [6.45, 7) is 0. The maximum atomic E-state index is 11.8. The molecule has 1 rings (SSSR count). The molecular weight excluding hydrogens is 237 g/mol. The summed E-state index contributed by atoms with van der Waals surface area (Å²) < 4.78 is 39.1. The fourth-order valence-corrected chi connectivity index (χ4v) is 0.962. The van der Waals surface area contributed by atoms with E-state index >= 15 is 0 Å². The highest BCUT2D eigenvalue weighted by Gasteiger charge is 2.30. The zero-order valence-electron chi connectivity index (χ0n) is 8.41. The lowest BCUT2D eigenvalue weighted by atomic mass is 10.2. The Balaban J connectivity index is 2.67. The van der Waals surface area contributed by atoms with Crippen molar-refractivity contribution in [2.45, 2.75) is 12.8 Å². The van der Waals surface area contributed by atoms with E-state index in [1.165, 1.54) is 12.1 Å². The van der Waals surface area contributed by atoms with Crippen LogP contribution in [0.3, 0.4) is 0 Å². The SMILES string of the molecule is O=C(O)CC#Cc1ccc(OC(F)(F)F)cc1. The number of halogens is 3. The van der Waals surface area contributed by atoms with Gasteiger partial charge in [-0.05, 0) is 24.3 Å². The van der Waals surface area contributed by atoms with Crippen molar-refractivity contribution in [2.75, 3.05) is 0 Å². The van der Waals surface area contributed by atoms with E-state index < -0.39 is 12.3 Å². The highest BCUT2D eigenvalue weighted by molar-refractivity contribution is 5.70. The van der Waals surface area contributed by atoms with E-state index in [2.05, 4.69) is 16.6 Å². The van der Waals surface area contributed by atoms with E-state index in [4.69, 9.17) is 5.11 Å². The topological polar surface area (TPSA) is 46.5 Å². The Kier molecular flexibility index (Phi) is 3.99. The lowest BCUT2D eigenvalue weighted by molar-refractivity contribution is -0.274. The van der Waals surface area contributed by atoms with Gasteiger partial charge in [-0.3, -0.25) is 4.79 Å². The maximum absolute atomic E-state index is 11.8. The van der Waals surface area contributed by atoms with E-state index in [1.807, 2.05) is 0 Å². The molecule has 0 unspecified atom stereocenters. The van der Waals surface area contributed by atoms with Crippen LogP contribution in [-0.2, 0) is 4.79 Å². The molecule has 90 valence electrons. The van der Waals surface area contributed by atoms with Crippen LogP contribution in [0.5, 0.6) is 5.75 Å². The molecule has 6 heteroatoms. The molecular formula is C11H7F3O3. The molecule has 1 N–H and O–H groups in total. The monoisotopic (exact) mass is 244 g/mol. The smallest absolute Gasteiger partial charge is 0.481 e. The van der Waals surface area contributed by atoms with Crippen molar-refractivity contribution in [3.63, 3.8) is 0 Å². The predicted octanol–water partition coefficient (Wildman–Crippen LogP) is 2.41. The normalized spacial score (nSPS) is 10.3. The van der Waals surface area contributed by atoms with Gasteiger partial charge in [0, 0.05) is 5.56 Å². The van der Waals surface area contributed by atoms with Gasteiger partial charge in [0.05, 0.1) is 0 Å². The summed E-state index contributed by atoms with van der Waals surface area (Å²) in [7, 11) is 0. The number of carboxylic acids is 1. The minimum Gasteiger partial charge on any atom is -0.481 e. The molecule has 1 aromatic rings. The zero-order chi connectivity index (χ0) is 12.9. The molecule has 3 nitrogen and oxygen atoms in total. The second kappa shape index (κ2) is 5.25. The highest BCUT2D eigenvalue weighted by Crippen LogP contribution is 2.22. The number of carboxylic acid groups (broad SMARTS) is 1. The van der Waals surface area contributed by atoms with Gasteiger partial charge in [-0.25, -0.2) is 0 Å². The molecule has 1 aromatic carbocycles.